The van der Waals surface area contributed by atoms with Gasteiger partial charge in [-0.15, -0.1) is 0 Å². The van der Waals surface area contributed by atoms with Gasteiger partial charge in [-0.05, 0) is 18.2 Å². The molecule has 1 aliphatic heterocycles. The largest absolute Gasteiger partial charge is 0.496 e. The van der Waals surface area contributed by atoms with Crippen LogP contribution < -0.4 is 4.74 Å². The van der Waals surface area contributed by atoms with E-state index in [1.54, 1.807) is 0 Å². The molecule has 2 rings (SSSR count). The van der Waals surface area contributed by atoms with E-state index < -0.39 is 16.0 Å². The van der Waals surface area contributed by atoms with Crippen LogP contribution in [0.4, 0.5) is 0 Å². The number of carbonyl (C=O) groups excluding carboxylic acids is 1. The molecule has 1 heterocycles. The molecule has 1 aromatic rings. The van der Waals surface area contributed by atoms with E-state index in [9.17, 15) is 13.2 Å². The Morgan fingerprint density at radius 3 is 2.48 bits per heavy atom. The van der Waals surface area contributed by atoms with Crippen LogP contribution in [-0.4, -0.2) is 59.2 Å². The molecule has 0 bridgehead atoms. The molecule has 0 unspecified atom stereocenters. The SMILES string of the molecule is COC(=O)c1cc(S(=O)(=O)N2CCOCC2)ccc1OC. The van der Waals surface area contributed by atoms with E-state index in [1.165, 1.54) is 36.7 Å². The van der Waals surface area contributed by atoms with Crippen molar-refractivity contribution in [3.05, 3.63) is 23.8 Å². The Kier molecular flexibility index (Phi) is 4.81. The third kappa shape index (κ3) is 3.17. The fourth-order valence-corrected chi connectivity index (χ4v) is 3.49. The van der Waals surface area contributed by atoms with Gasteiger partial charge in [0.15, 0.2) is 0 Å². The van der Waals surface area contributed by atoms with Crippen LogP contribution in [0.1, 0.15) is 10.4 Å². The Bertz CT molecular complexity index is 622. The summed E-state index contributed by atoms with van der Waals surface area (Å²) < 4.78 is 41.2. The summed E-state index contributed by atoms with van der Waals surface area (Å²) in [6.45, 7) is 1.31. The Hall–Kier alpha value is -1.64. The van der Waals surface area contributed by atoms with Gasteiger partial charge in [0, 0.05) is 13.1 Å². The third-order valence-electron chi connectivity index (χ3n) is 3.18. The summed E-state index contributed by atoms with van der Waals surface area (Å²) in [5, 5.41) is 0. The summed E-state index contributed by atoms with van der Waals surface area (Å²) in [6, 6.07) is 4.13. The number of ether oxygens (including phenoxy) is 3. The first kappa shape index (κ1) is 15.7. The molecule has 116 valence electrons. The van der Waals surface area contributed by atoms with Crippen molar-refractivity contribution in [2.45, 2.75) is 4.90 Å². The van der Waals surface area contributed by atoms with Crippen molar-refractivity contribution >= 4 is 16.0 Å². The van der Waals surface area contributed by atoms with Crippen molar-refractivity contribution in [1.82, 2.24) is 4.31 Å². The number of hydrogen-bond donors (Lipinski definition) is 0. The first-order valence-electron chi connectivity index (χ1n) is 6.35. The van der Waals surface area contributed by atoms with E-state index in [2.05, 4.69) is 4.74 Å². The van der Waals surface area contributed by atoms with Crippen LogP contribution >= 0.6 is 0 Å². The van der Waals surface area contributed by atoms with Gasteiger partial charge in [0.25, 0.3) is 0 Å². The average molecular weight is 315 g/mol. The minimum atomic E-state index is -3.66. The van der Waals surface area contributed by atoms with Crippen LogP contribution in [-0.2, 0) is 19.5 Å². The Morgan fingerprint density at radius 1 is 1.24 bits per heavy atom. The van der Waals surface area contributed by atoms with Crippen molar-refractivity contribution in [1.29, 1.82) is 0 Å². The zero-order valence-electron chi connectivity index (χ0n) is 11.9. The Balaban J connectivity index is 2.41. The van der Waals surface area contributed by atoms with Crippen LogP contribution in [0.25, 0.3) is 0 Å². The second-order valence-electron chi connectivity index (χ2n) is 4.37. The quantitative estimate of drug-likeness (QED) is 0.753. The number of carbonyl (C=O) groups is 1. The van der Waals surface area contributed by atoms with Crippen LogP contribution in [0, 0.1) is 0 Å². The molecule has 0 aromatic heterocycles. The summed E-state index contributed by atoms with van der Waals surface area (Å²) in [5.74, 6) is -0.381. The number of sulfonamides is 1. The number of benzene rings is 1. The third-order valence-corrected chi connectivity index (χ3v) is 5.08. The van der Waals surface area contributed by atoms with Gasteiger partial charge >= 0.3 is 5.97 Å². The Labute approximate surface area is 123 Å². The first-order chi connectivity index (χ1) is 10.0. The topological polar surface area (TPSA) is 82.1 Å². The van der Waals surface area contributed by atoms with Crippen molar-refractivity contribution < 1.29 is 27.4 Å². The molecule has 0 spiro atoms. The minimum absolute atomic E-state index is 0.0330. The fourth-order valence-electron chi connectivity index (χ4n) is 2.05. The van der Waals surface area contributed by atoms with Crippen molar-refractivity contribution in [3.8, 4) is 5.75 Å². The number of methoxy groups -OCH3 is 2. The molecule has 0 saturated carbocycles. The highest BCUT2D eigenvalue weighted by Gasteiger charge is 2.28. The lowest BCUT2D eigenvalue weighted by atomic mass is 10.2. The molecule has 0 aliphatic carbocycles. The zero-order chi connectivity index (χ0) is 15.5. The smallest absolute Gasteiger partial charge is 0.341 e. The summed E-state index contributed by atoms with van der Waals surface area (Å²) in [7, 11) is -1.03. The summed E-state index contributed by atoms with van der Waals surface area (Å²) in [4.78, 5) is 11.8. The van der Waals surface area contributed by atoms with Gasteiger partial charge in [0.05, 0.1) is 32.3 Å². The number of hydrogen-bond acceptors (Lipinski definition) is 6. The summed E-state index contributed by atoms with van der Waals surface area (Å²) in [6.07, 6.45) is 0. The van der Waals surface area contributed by atoms with Crippen LogP contribution in [0.3, 0.4) is 0 Å². The van der Waals surface area contributed by atoms with E-state index in [-0.39, 0.29) is 16.2 Å². The molecule has 21 heavy (non-hydrogen) atoms. The lowest BCUT2D eigenvalue weighted by Gasteiger charge is -2.26. The summed E-state index contributed by atoms with van der Waals surface area (Å²) >= 11 is 0. The lowest BCUT2D eigenvalue weighted by molar-refractivity contribution is 0.0596. The molecule has 8 heteroatoms. The van der Waals surface area contributed by atoms with Crippen LogP contribution in [0.5, 0.6) is 5.75 Å². The standard InChI is InChI=1S/C13H17NO6S/c1-18-12-4-3-10(9-11(12)13(15)19-2)21(16,17)14-5-7-20-8-6-14/h3-4,9H,5-8H2,1-2H3. The van der Waals surface area contributed by atoms with Crippen molar-refractivity contribution in [3.63, 3.8) is 0 Å². The molecule has 1 fully saturated rings. The van der Waals surface area contributed by atoms with Crippen molar-refractivity contribution in [2.24, 2.45) is 0 Å². The number of nitrogens with zero attached hydrogens (tertiary/aromatic N) is 1. The molecule has 1 aromatic carbocycles. The van der Waals surface area contributed by atoms with Crippen LogP contribution in [0.2, 0.25) is 0 Å². The second kappa shape index (κ2) is 6.42. The maximum Gasteiger partial charge on any atom is 0.341 e. The van der Waals surface area contributed by atoms with E-state index in [0.29, 0.717) is 26.3 Å². The number of esters is 1. The Morgan fingerprint density at radius 2 is 1.90 bits per heavy atom. The second-order valence-corrected chi connectivity index (χ2v) is 6.31. The number of rotatable bonds is 4. The molecular formula is C13H17NO6S. The van der Waals surface area contributed by atoms with E-state index >= 15 is 0 Å². The average Bonchev–Trinajstić information content (AvgIpc) is 2.54. The molecule has 0 atom stereocenters. The van der Waals surface area contributed by atoms with Crippen molar-refractivity contribution in [2.75, 3.05) is 40.5 Å². The van der Waals surface area contributed by atoms with E-state index in [0.717, 1.165) is 0 Å². The molecule has 0 N–H and O–H groups in total. The van der Waals surface area contributed by atoms with Gasteiger partial charge in [0.1, 0.15) is 11.3 Å². The van der Waals surface area contributed by atoms with Gasteiger partial charge in [-0.1, -0.05) is 0 Å². The predicted molar refractivity (Wildman–Crippen MR) is 73.9 cm³/mol. The summed E-state index contributed by atoms with van der Waals surface area (Å²) in [5.41, 5.74) is 0.0781. The minimum Gasteiger partial charge on any atom is -0.496 e. The van der Waals surface area contributed by atoms with Crippen LogP contribution in [0.15, 0.2) is 23.1 Å². The van der Waals surface area contributed by atoms with Gasteiger partial charge in [-0.25, -0.2) is 13.2 Å². The molecule has 1 saturated heterocycles. The lowest BCUT2D eigenvalue weighted by Crippen LogP contribution is -2.40. The van der Waals surface area contributed by atoms with Gasteiger partial charge in [-0.2, -0.15) is 4.31 Å². The molecule has 1 aliphatic rings. The first-order valence-corrected chi connectivity index (χ1v) is 7.79. The highest BCUT2D eigenvalue weighted by molar-refractivity contribution is 7.89. The predicted octanol–water partition coefficient (Wildman–Crippen LogP) is 0.503. The van der Waals surface area contributed by atoms with Gasteiger partial charge in [0.2, 0.25) is 10.0 Å². The van der Waals surface area contributed by atoms with Gasteiger partial charge in [-0.3, -0.25) is 0 Å². The highest BCUT2D eigenvalue weighted by Crippen LogP contribution is 2.25. The molecule has 7 nitrogen and oxygen atoms in total. The maximum atomic E-state index is 12.5. The molecule has 0 radical (unpaired) electrons. The van der Waals surface area contributed by atoms with E-state index in [1.807, 2.05) is 0 Å². The normalized spacial score (nSPS) is 16.5. The fraction of sp³-hybridized carbons (Fsp3) is 0.462. The maximum absolute atomic E-state index is 12.5. The molecule has 0 amide bonds. The zero-order valence-corrected chi connectivity index (χ0v) is 12.7. The van der Waals surface area contributed by atoms with Gasteiger partial charge < -0.3 is 14.2 Å². The molecular weight excluding hydrogens is 298 g/mol. The highest BCUT2D eigenvalue weighted by atomic mass is 32.2. The number of morpholine rings is 1. The monoisotopic (exact) mass is 315 g/mol. The van der Waals surface area contributed by atoms with E-state index in [4.69, 9.17) is 9.47 Å².